The lowest BCUT2D eigenvalue weighted by molar-refractivity contribution is -0.121. The van der Waals surface area contributed by atoms with Gasteiger partial charge < -0.3 is 5.32 Å². The molecule has 4 rings (SSSR count). The SMILES string of the molecule is O=C(CCC(=O)c1ccccc1)NC1CCCc2c1cnn2-c1ccc(F)cc1F. The fourth-order valence-corrected chi connectivity index (χ4v) is 3.83. The predicted molar refractivity (Wildman–Crippen MR) is 107 cm³/mol. The van der Waals surface area contributed by atoms with Crippen LogP contribution in [0, 0.1) is 11.6 Å². The summed E-state index contributed by atoms with van der Waals surface area (Å²) >= 11 is 0. The first-order valence-electron chi connectivity index (χ1n) is 9.93. The molecule has 0 saturated heterocycles. The zero-order chi connectivity index (χ0) is 21.1. The predicted octanol–water partition coefficient (Wildman–Crippen LogP) is 4.31. The van der Waals surface area contributed by atoms with E-state index in [0.29, 0.717) is 12.0 Å². The maximum absolute atomic E-state index is 14.2. The van der Waals surface area contributed by atoms with E-state index < -0.39 is 11.6 Å². The molecule has 1 heterocycles. The molecule has 1 amide bonds. The van der Waals surface area contributed by atoms with Crippen molar-refractivity contribution in [3.05, 3.63) is 83.2 Å². The third kappa shape index (κ3) is 4.15. The number of ketones is 1. The summed E-state index contributed by atoms with van der Waals surface area (Å²) in [6.07, 6.45) is 4.08. The third-order valence-electron chi connectivity index (χ3n) is 5.33. The fraction of sp³-hybridized carbons (Fsp3) is 0.261. The number of amides is 1. The van der Waals surface area contributed by atoms with Gasteiger partial charge >= 0.3 is 0 Å². The Kier molecular flexibility index (Phi) is 5.70. The number of carbonyl (C=O) groups excluding carboxylic acids is 2. The van der Waals surface area contributed by atoms with Gasteiger partial charge in [-0.3, -0.25) is 9.59 Å². The molecule has 3 aromatic rings. The van der Waals surface area contributed by atoms with Gasteiger partial charge in [0.05, 0.1) is 12.2 Å². The lowest BCUT2D eigenvalue weighted by Crippen LogP contribution is -2.31. The highest BCUT2D eigenvalue weighted by molar-refractivity contribution is 5.97. The van der Waals surface area contributed by atoms with Gasteiger partial charge in [-0.2, -0.15) is 5.10 Å². The van der Waals surface area contributed by atoms with E-state index in [0.717, 1.165) is 30.2 Å². The molecule has 1 unspecified atom stereocenters. The van der Waals surface area contributed by atoms with Gasteiger partial charge in [-0.05, 0) is 31.4 Å². The molecule has 1 atom stereocenters. The second-order valence-corrected chi connectivity index (χ2v) is 7.36. The molecule has 30 heavy (non-hydrogen) atoms. The molecular weight excluding hydrogens is 388 g/mol. The Balaban J connectivity index is 1.44. The Morgan fingerprint density at radius 1 is 1.10 bits per heavy atom. The Labute approximate surface area is 172 Å². The molecule has 1 aliphatic rings. The van der Waals surface area contributed by atoms with Crippen LogP contribution in [0.3, 0.4) is 0 Å². The average molecular weight is 409 g/mol. The number of fused-ring (bicyclic) bond motifs is 1. The summed E-state index contributed by atoms with van der Waals surface area (Å²) in [5.41, 5.74) is 2.40. The average Bonchev–Trinajstić information content (AvgIpc) is 3.17. The topological polar surface area (TPSA) is 64.0 Å². The summed E-state index contributed by atoms with van der Waals surface area (Å²) in [6, 6.07) is 12.0. The standard InChI is InChI=1S/C23H21F2N3O2/c24-16-9-10-21(18(25)13-16)28-20-8-4-7-19(17(20)14-26-28)27-23(30)12-11-22(29)15-5-2-1-3-6-15/h1-3,5-6,9-10,13-14,19H,4,7-8,11-12H2,(H,27,30). The Bertz CT molecular complexity index is 1080. The van der Waals surface area contributed by atoms with Crippen LogP contribution in [-0.4, -0.2) is 21.5 Å². The smallest absolute Gasteiger partial charge is 0.220 e. The van der Waals surface area contributed by atoms with Crippen molar-refractivity contribution < 1.29 is 18.4 Å². The lowest BCUT2D eigenvalue weighted by atomic mass is 9.92. The van der Waals surface area contributed by atoms with Gasteiger partial charge in [-0.1, -0.05) is 30.3 Å². The zero-order valence-electron chi connectivity index (χ0n) is 16.3. The first-order valence-corrected chi connectivity index (χ1v) is 9.93. The lowest BCUT2D eigenvalue weighted by Gasteiger charge is -2.24. The van der Waals surface area contributed by atoms with E-state index in [-0.39, 0.29) is 36.3 Å². The summed E-state index contributed by atoms with van der Waals surface area (Å²) in [7, 11) is 0. The highest BCUT2D eigenvalue weighted by Crippen LogP contribution is 2.31. The normalized spacial score (nSPS) is 15.5. The first kappa shape index (κ1) is 19.9. The molecule has 2 aromatic carbocycles. The molecule has 0 fully saturated rings. The maximum Gasteiger partial charge on any atom is 0.220 e. The minimum atomic E-state index is -0.688. The number of Topliss-reactive ketones (excluding diaryl/α,β-unsaturated/α-hetero) is 1. The van der Waals surface area contributed by atoms with Gasteiger partial charge in [0.15, 0.2) is 11.6 Å². The van der Waals surface area contributed by atoms with Crippen molar-refractivity contribution in [2.45, 2.75) is 38.1 Å². The Morgan fingerprint density at radius 2 is 1.90 bits per heavy atom. The monoisotopic (exact) mass is 409 g/mol. The van der Waals surface area contributed by atoms with Crippen LogP contribution in [-0.2, 0) is 11.2 Å². The number of hydrogen-bond acceptors (Lipinski definition) is 3. The minimum absolute atomic E-state index is 0.0744. The van der Waals surface area contributed by atoms with Crippen molar-refractivity contribution in [1.29, 1.82) is 0 Å². The van der Waals surface area contributed by atoms with E-state index in [2.05, 4.69) is 10.4 Å². The number of rotatable bonds is 6. The summed E-state index contributed by atoms with van der Waals surface area (Å²) in [5, 5.41) is 7.25. The van der Waals surface area contributed by atoms with Crippen LogP contribution in [0.5, 0.6) is 0 Å². The van der Waals surface area contributed by atoms with Gasteiger partial charge in [0, 0.05) is 35.7 Å². The fourth-order valence-electron chi connectivity index (χ4n) is 3.83. The summed E-state index contributed by atoms with van der Waals surface area (Å²) in [5.74, 6) is -1.62. The molecule has 154 valence electrons. The quantitative estimate of drug-likeness (QED) is 0.617. The summed E-state index contributed by atoms with van der Waals surface area (Å²) in [6.45, 7) is 0. The molecule has 1 aliphatic carbocycles. The zero-order valence-corrected chi connectivity index (χ0v) is 16.3. The van der Waals surface area contributed by atoms with Crippen molar-refractivity contribution in [2.24, 2.45) is 0 Å². The van der Waals surface area contributed by atoms with Crippen LogP contribution in [0.4, 0.5) is 8.78 Å². The molecule has 0 spiro atoms. The highest BCUT2D eigenvalue weighted by atomic mass is 19.1. The largest absolute Gasteiger partial charge is 0.349 e. The second-order valence-electron chi connectivity index (χ2n) is 7.36. The van der Waals surface area contributed by atoms with Gasteiger partial charge in [-0.15, -0.1) is 0 Å². The van der Waals surface area contributed by atoms with E-state index in [1.807, 2.05) is 6.07 Å². The molecule has 7 heteroatoms. The van der Waals surface area contributed by atoms with Crippen molar-refractivity contribution in [1.82, 2.24) is 15.1 Å². The second kappa shape index (κ2) is 8.57. The van der Waals surface area contributed by atoms with Gasteiger partial charge in [0.1, 0.15) is 11.5 Å². The van der Waals surface area contributed by atoms with Gasteiger partial charge in [0.25, 0.3) is 0 Å². The van der Waals surface area contributed by atoms with Crippen LogP contribution >= 0.6 is 0 Å². The maximum atomic E-state index is 14.2. The van der Waals surface area contributed by atoms with Crippen LogP contribution in [0.25, 0.3) is 5.69 Å². The van der Waals surface area contributed by atoms with E-state index in [1.54, 1.807) is 30.5 Å². The molecule has 0 saturated carbocycles. The van der Waals surface area contributed by atoms with E-state index in [4.69, 9.17) is 0 Å². The Hall–Kier alpha value is -3.35. The highest BCUT2D eigenvalue weighted by Gasteiger charge is 2.27. The number of benzene rings is 2. The van der Waals surface area contributed by atoms with E-state index >= 15 is 0 Å². The molecule has 0 aliphatic heterocycles. The number of nitrogens with one attached hydrogen (secondary N) is 1. The molecule has 1 N–H and O–H groups in total. The van der Waals surface area contributed by atoms with Crippen LogP contribution < -0.4 is 5.32 Å². The third-order valence-corrected chi connectivity index (χ3v) is 5.33. The molecular formula is C23H21F2N3O2. The van der Waals surface area contributed by atoms with Crippen molar-refractivity contribution in [2.75, 3.05) is 0 Å². The van der Waals surface area contributed by atoms with Crippen molar-refractivity contribution >= 4 is 11.7 Å². The number of nitrogens with zero attached hydrogens (tertiary/aromatic N) is 2. The van der Waals surface area contributed by atoms with Gasteiger partial charge in [0.2, 0.25) is 5.91 Å². The van der Waals surface area contributed by atoms with E-state index in [1.165, 1.54) is 16.8 Å². The molecule has 0 radical (unpaired) electrons. The first-order chi connectivity index (χ1) is 14.5. The van der Waals surface area contributed by atoms with Crippen molar-refractivity contribution in [3.8, 4) is 5.69 Å². The molecule has 5 nitrogen and oxygen atoms in total. The number of hydrogen-bond donors (Lipinski definition) is 1. The minimum Gasteiger partial charge on any atom is -0.349 e. The number of carbonyl (C=O) groups is 2. The van der Waals surface area contributed by atoms with Crippen molar-refractivity contribution in [3.63, 3.8) is 0 Å². The summed E-state index contributed by atoms with van der Waals surface area (Å²) in [4.78, 5) is 24.6. The Morgan fingerprint density at radius 3 is 2.67 bits per heavy atom. The van der Waals surface area contributed by atoms with Gasteiger partial charge in [-0.25, -0.2) is 13.5 Å². The summed E-state index contributed by atoms with van der Waals surface area (Å²) < 4.78 is 28.9. The van der Waals surface area contributed by atoms with Crippen LogP contribution in [0.2, 0.25) is 0 Å². The number of halogens is 2. The van der Waals surface area contributed by atoms with E-state index in [9.17, 15) is 18.4 Å². The van der Waals surface area contributed by atoms with Crippen LogP contribution in [0.1, 0.15) is 53.3 Å². The molecule has 1 aromatic heterocycles. The number of aromatic nitrogens is 2. The van der Waals surface area contributed by atoms with Crippen LogP contribution in [0.15, 0.2) is 54.7 Å². The molecule has 0 bridgehead atoms.